The van der Waals surface area contributed by atoms with E-state index in [1.54, 1.807) is 0 Å². The Morgan fingerprint density at radius 2 is 2.07 bits per heavy atom. The first-order chi connectivity index (χ1) is 7.14. The number of ether oxygens (including phenoxy) is 1. The second-order valence-corrected chi connectivity index (χ2v) is 6.29. The fourth-order valence-corrected chi connectivity index (χ4v) is 3.65. The van der Waals surface area contributed by atoms with Crippen LogP contribution in [-0.2, 0) is 4.74 Å². The maximum atomic E-state index is 5.91. The summed E-state index contributed by atoms with van der Waals surface area (Å²) in [6, 6.07) is 0. The molecule has 0 aromatic carbocycles. The van der Waals surface area contributed by atoms with Crippen LogP contribution in [0.1, 0.15) is 46.0 Å². The van der Waals surface area contributed by atoms with E-state index in [9.17, 15) is 0 Å². The second-order valence-electron chi connectivity index (χ2n) is 6.29. The summed E-state index contributed by atoms with van der Waals surface area (Å²) < 4.78 is 5.91. The Bertz CT molecular complexity index is 259. The molecule has 3 aliphatic rings. The fraction of sp³-hybridized carbons (Fsp3) is 1.00. The average Bonchev–Trinajstić information content (AvgIpc) is 2.66. The second kappa shape index (κ2) is 3.21. The zero-order valence-corrected chi connectivity index (χ0v) is 10.1. The molecule has 3 fully saturated rings. The minimum Gasteiger partial charge on any atom is -0.377 e. The number of nitrogens with zero attached hydrogens (tertiary/aromatic N) is 1. The van der Waals surface area contributed by atoms with Crippen LogP contribution in [0.4, 0.5) is 0 Å². The van der Waals surface area contributed by atoms with Crippen molar-refractivity contribution in [3.63, 3.8) is 0 Å². The van der Waals surface area contributed by atoms with E-state index in [1.807, 2.05) is 0 Å². The Balaban J connectivity index is 1.71. The van der Waals surface area contributed by atoms with Gasteiger partial charge in [-0.2, -0.15) is 0 Å². The van der Waals surface area contributed by atoms with E-state index in [1.165, 1.54) is 45.2 Å². The van der Waals surface area contributed by atoms with Gasteiger partial charge in [0.1, 0.15) is 0 Å². The van der Waals surface area contributed by atoms with Gasteiger partial charge in [0.25, 0.3) is 0 Å². The van der Waals surface area contributed by atoms with Crippen molar-refractivity contribution in [3.05, 3.63) is 0 Å². The van der Waals surface area contributed by atoms with Gasteiger partial charge >= 0.3 is 0 Å². The predicted molar refractivity (Wildman–Crippen MR) is 60.9 cm³/mol. The molecule has 3 rings (SSSR count). The molecule has 2 heteroatoms. The van der Waals surface area contributed by atoms with Crippen molar-refractivity contribution >= 4 is 0 Å². The van der Waals surface area contributed by atoms with E-state index in [0.29, 0.717) is 11.6 Å². The fourth-order valence-electron chi connectivity index (χ4n) is 3.65. The Morgan fingerprint density at radius 3 is 2.73 bits per heavy atom. The van der Waals surface area contributed by atoms with Gasteiger partial charge in [0, 0.05) is 12.1 Å². The smallest absolute Gasteiger partial charge is 0.0654 e. The van der Waals surface area contributed by atoms with Gasteiger partial charge in [-0.3, -0.25) is 4.90 Å². The molecule has 1 saturated carbocycles. The van der Waals surface area contributed by atoms with Crippen LogP contribution in [0.2, 0.25) is 0 Å². The molecule has 0 amide bonds. The summed E-state index contributed by atoms with van der Waals surface area (Å²) in [5.74, 6) is 0. The molecule has 0 radical (unpaired) electrons. The summed E-state index contributed by atoms with van der Waals surface area (Å²) in [6.45, 7) is 7.97. The van der Waals surface area contributed by atoms with Crippen LogP contribution in [0.5, 0.6) is 0 Å². The van der Waals surface area contributed by atoms with Crippen molar-refractivity contribution in [1.82, 2.24) is 4.90 Å². The monoisotopic (exact) mass is 209 g/mol. The maximum absolute atomic E-state index is 5.91. The van der Waals surface area contributed by atoms with Gasteiger partial charge in [0.05, 0.1) is 12.7 Å². The summed E-state index contributed by atoms with van der Waals surface area (Å²) >= 11 is 0. The third-order valence-corrected chi connectivity index (χ3v) is 4.61. The van der Waals surface area contributed by atoms with Crippen LogP contribution in [0.15, 0.2) is 0 Å². The number of fused-ring (bicyclic) bond motifs is 1. The molecule has 2 heterocycles. The largest absolute Gasteiger partial charge is 0.377 e. The van der Waals surface area contributed by atoms with Crippen LogP contribution >= 0.6 is 0 Å². The first-order valence-corrected chi connectivity index (χ1v) is 6.51. The molecule has 1 atom stereocenters. The third-order valence-electron chi connectivity index (χ3n) is 4.61. The van der Waals surface area contributed by atoms with E-state index < -0.39 is 0 Å². The Labute approximate surface area is 93.0 Å². The van der Waals surface area contributed by atoms with Crippen molar-refractivity contribution in [2.24, 2.45) is 5.41 Å². The van der Waals surface area contributed by atoms with Crippen molar-refractivity contribution in [2.75, 3.05) is 19.7 Å². The van der Waals surface area contributed by atoms with Gasteiger partial charge in [-0.25, -0.2) is 0 Å². The van der Waals surface area contributed by atoms with E-state index in [2.05, 4.69) is 18.7 Å². The molecule has 0 bridgehead atoms. The number of hydrogen-bond acceptors (Lipinski definition) is 2. The molecule has 2 aliphatic heterocycles. The van der Waals surface area contributed by atoms with Gasteiger partial charge in [-0.05, 0) is 57.9 Å². The topological polar surface area (TPSA) is 12.5 Å². The SMILES string of the molecule is CC(C)OCC12CCCN1CC1(CC1)C2. The molecular weight excluding hydrogens is 186 g/mol. The van der Waals surface area contributed by atoms with Gasteiger partial charge in [-0.15, -0.1) is 0 Å². The lowest BCUT2D eigenvalue weighted by Crippen LogP contribution is -2.43. The third kappa shape index (κ3) is 1.62. The van der Waals surface area contributed by atoms with Gasteiger partial charge in [0.15, 0.2) is 0 Å². The first-order valence-electron chi connectivity index (χ1n) is 6.51. The summed E-state index contributed by atoms with van der Waals surface area (Å²) in [5.41, 5.74) is 1.18. The highest BCUT2D eigenvalue weighted by Gasteiger charge is 2.59. The Kier molecular flexibility index (Phi) is 2.16. The number of hydrogen-bond donors (Lipinski definition) is 0. The summed E-state index contributed by atoms with van der Waals surface area (Å²) in [5, 5.41) is 0. The van der Waals surface area contributed by atoms with Crippen molar-refractivity contribution in [3.8, 4) is 0 Å². The van der Waals surface area contributed by atoms with Crippen LogP contribution in [-0.4, -0.2) is 36.2 Å². The van der Waals surface area contributed by atoms with Gasteiger partial charge in [-0.1, -0.05) is 0 Å². The lowest BCUT2D eigenvalue weighted by molar-refractivity contribution is 0.00280. The molecule has 86 valence electrons. The minimum absolute atomic E-state index is 0.387. The zero-order chi connectivity index (χ0) is 10.5. The van der Waals surface area contributed by atoms with Gasteiger partial charge < -0.3 is 4.74 Å². The lowest BCUT2D eigenvalue weighted by Gasteiger charge is -2.32. The molecule has 1 spiro atoms. The van der Waals surface area contributed by atoms with Crippen LogP contribution in [0.3, 0.4) is 0 Å². The lowest BCUT2D eigenvalue weighted by atomic mass is 9.89. The molecule has 0 aromatic rings. The molecule has 15 heavy (non-hydrogen) atoms. The molecule has 1 aliphatic carbocycles. The Morgan fingerprint density at radius 1 is 1.27 bits per heavy atom. The quantitative estimate of drug-likeness (QED) is 0.708. The van der Waals surface area contributed by atoms with Gasteiger partial charge in [0.2, 0.25) is 0 Å². The molecule has 1 unspecified atom stereocenters. The van der Waals surface area contributed by atoms with E-state index in [4.69, 9.17) is 4.74 Å². The number of rotatable bonds is 3. The standard InChI is InChI=1S/C13H23NO/c1-11(2)15-10-13-4-3-7-14(13)9-12(8-13)5-6-12/h11H,3-10H2,1-2H3. The normalized spacial score (nSPS) is 37.8. The summed E-state index contributed by atoms with van der Waals surface area (Å²) in [4.78, 5) is 2.74. The molecule has 2 nitrogen and oxygen atoms in total. The average molecular weight is 209 g/mol. The van der Waals surface area contributed by atoms with Crippen molar-refractivity contribution in [2.45, 2.75) is 57.6 Å². The summed E-state index contributed by atoms with van der Waals surface area (Å²) in [7, 11) is 0. The molecule has 0 N–H and O–H groups in total. The van der Waals surface area contributed by atoms with E-state index >= 15 is 0 Å². The van der Waals surface area contributed by atoms with Crippen LogP contribution < -0.4 is 0 Å². The van der Waals surface area contributed by atoms with Crippen molar-refractivity contribution in [1.29, 1.82) is 0 Å². The highest BCUT2D eigenvalue weighted by molar-refractivity contribution is 5.13. The Hall–Kier alpha value is -0.0800. The highest BCUT2D eigenvalue weighted by atomic mass is 16.5. The minimum atomic E-state index is 0.387. The predicted octanol–water partition coefficient (Wildman–Crippen LogP) is 2.43. The van der Waals surface area contributed by atoms with Crippen LogP contribution in [0, 0.1) is 5.41 Å². The van der Waals surface area contributed by atoms with E-state index in [-0.39, 0.29) is 0 Å². The molecule has 2 saturated heterocycles. The highest BCUT2D eigenvalue weighted by Crippen LogP contribution is 2.60. The van der Waals surface area contributed by atoms with Crippen molar-refractivity contribution < 1.29 is 4.74 Å². The molecular formula is C13H23NO. The molecule has 0 aromatic heterocycles. The summed E-state index contributed by atoms with van der Waals surface area (Å²) in [6.07, 6.45) is 7.53. The maximum Gasteiger partial charge on any atom is 0.0654 e. The zero-order valence-electron chi connectivity index (χ0n) is 10.1. The van der Waals surface area contributed by atoms with E-state index in [0.717, 1.165) is 12.0 Å². The van der Waals surface area contributed by atoms with Crippen LogP contribution in [0.25, 0.3) is 0 Å². The first kappa shape index (κ1) is 10.1.